The summed E-state index contributed by atoms with van der Waals surface area (Å²) in [4.78, 5) is 14.2. The van der Waals surface area contributed by atoms with Gasteiger partial charge in [-0.3, -0.25) is 4.79 Å². The molecule has 0 unspecified atom stereocenters. The molecule has 0 spiro atoms. The van der Waals surface area contributed by atoms with Crippen LogP contribution in [0.4, 0.5) is 0 Å². The molecule has 0 fully saturated rings. The Hall–Kier alpha value is -1.33. The minimum Gasteiger partial charge on any atom is -0.493 e. The van der Waals surface area contributed by atoms with Crippen LogP contribution in [0, 0.1) is 6.92 Å². The van der Waals surface area contributed by atoms with Crippen molar-refractivity contribution in [1.29, 1.82) is 0 Å². The van der Waals surface area contributed by atoms with Crippen LogP contribution in [0.25, 0.3) is 0 Å². The van der Waals surface area contributed by atoms with Gasteiger partial charge < -0.3 is 9.47 Å². The number of aryl methyl sites for hydroxylation is 1. The van der Waals surface area contributed by atoms with Crippen molar-refractivity contribution in [3.63, 3.8) is 0 Å². The molecule has 0 saturated heterocycles. The molecule has 0 aliphatic heterocycles. The summed E-state index contributed by atoms with van der Waals surface area (Å²) in [5.41, 5.74) is 0.589. The molecule has 100 valence electrons. The van der Waals surface area contributed by atoms with Crippen molar-refractivity contribution in [2.45, 2.75) is 6.92 Å². The molecule has 1 heterocycles. The van der Waals surface area contributed by atoms with E-state index in [2.05, 4.69) is 15.9 Å². The minimum atomic E-state index is -0.0141. The largest absolute Gasteiger partial charge is 0.493 e. The van der Waals surface area contributed by atoms with E-state index in [4.69, 9.17) is 9.47 Å². The van der Waals surface area contributed by atoms with Gasteiger partial charge in [0.2, 0.25) is 5.78 Å². The second-order valence-corrected chi connectivity index (χ2v) is 6.02. The van der Waals surface area contributed by atoms with E-state index in [1.165, 1.54) is 11.3 Å². The number of hydrogen-bond acceptors (Lipinski definition) is 4. The van der Waals surface area contributed by atoms with E-state index in [-0.39, 0.29) is 5.78 Å². The molecule has 0 saturated carbocycles. The highest BCUT2D eigenvalue weighted by atomic mass is 79.9. The Kier molecular flexibility index (Phi) is 4.27. The van der Waals surface area contributed by atoms with E-state index in [1.54, 1.807) is 32.4 Å². The minimum absolute atomic E-state index is 0.0141. The molecular formula is C14H13BrO3S. The molecule has 0 aliphatic carbocycles. The maximum atomic E-state index is 12.4. The van der Waals surface area contributed by atoms with Gasteiger partial charge in [-0.15, -0.1) is 11.3 Å². The molecule has 0 atom stereocenters. The van der Waals surface area contributed by atoms with Crippen LogP contribution in [-0.4, -0.2) is 20.0 Å². The number of ether oxygens (including phenoxy) is 2. The first-order valence-electron chi connectivity index (χ1n) is 5.59. The SMILES string of the molecule is COc1ccc(C(=O)c2cc(Br)c(C)s2)cc1OC. The van der Waals surface area contributed by atoms with E-state index in [9.17, 15) is 4.79 Å². The van der Waals surface area contributed by atoms with Crippen LogP contribution in [0.5, 0.6) is 11.5 Å². The first-order chi connectivity index (χ1) is 9.06. The zero-order valence-electron chi connectivity index (χ0n) is 10.8. The lowest BCUT2D eigenvalue weighted by Gasteiger charge is -2.08. The molecule has 0 bridgehead atoms. The molecule has 19 heavy (non-hydrogen) atoms. The zero-order chi connectivity index (χ0) is 14.0. The third kappa shape index (κ3) is 2.82. The van der Waals surface area contributed by atoms with Gasteiger partial charge in [-0.2, -0.15) is 0 Å². The molecule has 2 aromatic rings. The summed E-state index contributed by atoms with van der Waals surface area (Å²) in [6.07, 6.45) is 0. The lowest BCUT2D eigenvalue weighted by atomic mass is 10.1. The van der Waals surface area contributed by atoms with Crippen LogP contribution in [0.3, 0.4) is 0 Å². The van der Waals surface area contributed by atoms with Gasteiger partial charge in [-0.05, 0) is 47.1 Å². The molecule has 1 aromatic heterocycles. The Bertz CT molecular complexity index is 600. The van der Waals surface area contributed by atoms with Gasteiger partial charge in [-0.1, -0.05) is 0 Å². The lowest BCUT2D eigenvalue weighted by molar-refractivity contribution is 0.104. The highest BCUT2D eigenvalue weighted by Gasteiger charge is 2.15. The van der Waals surface area contributed by atoms with Crippen LogP contribution in [0.15, 0.2) is 28.7 Å². The maximum absolute atomic E-state index is 12.4. The van der Waals surface area contributed by atoms with Gasteiger partial charge in [0, 0.05) is 14.9 Å². The molecule has 0 radical (unpaired) electrons. The van der Waals surface area contributed by atoms with Gasteiger partial charge in [0.15, 0.2) is 11.5 Å². The number of thiophene rings is 1. The summed E-state index contributed by atoms with van der Waals surface area (Å²) in [5, 5.41) is 0. The molecule has 0 amide bonds. The average Bonchev–Trinajstić information content (AvgIpc) is 2.77. The number of carbonyl (C=O) groups is 1. The van der Waals surface area contributed by atoms with Crippen LogP contribution < -0.4 is 9.47 Å². The number of ketones is 1. The van der Waals surface area contributed by atoms with Gasteiger partial charge >= 0.3 is 0 Å². The van der Waals surface area contributed by atoms with Crippen LogP contribution in [0.1, 0.15) is 20.1 Å². The van der Waals surface area contributed by atoms with Gasteiger partial charge in [0.05, 0.1) is 19.1 Å². The fourth-order valence-corrected chi connectivity index (χ4v) is 3.19. The molecule has 0 N–H and O–H groups in total. The third-order valence-corrected chi connectivity index (χ3v) is 4.86. The zero-order valence-corrected chi connectivity index (χ0v) is 13.2. The smallest absolute Gasteiger partial charge is 0.203 e. The number of halogens is 1. The normalized spacial score (nSPS) is 10.3. The fraction of sp³-hybridized carbons (Fsp3) is 0.214. The molecule has 5 heteroatoms. The average molecular weight is 341 g/mol. The number of carbonyl (C=O) groups excluding carboxylic acids is 1. The Balaban J connectivity index is 2.39. The summed E-state index contributed by atoms with van der Waals surface area (Å²) >= 11 is 4.89. The highest BCUT2D eigenvalue weighted by molar-refractivity contribution is 9.10. The molecule has 2 rings (SSSR count). The number of rotatable bonds is 4. The first kappa shape index (κ1) is 14.1. The quantitative estimate of drug-likeness (QED) is 0.787. The van der Waals surface area contributed by atoms with E-state index in [0.717, 1.165) is 9.35 Å². The van der Waals surface area contributed by atoms with Crippen molar-refractivity contribution >= 4 is 33.0 Å². The highest BCUT2D eigenvalue weighted by Crippen LogP contribution is 2.31. The van der Waals surface area contributed by atoms with Crippen LogP contribution in [-0.2, 0) is 0 Å². The number of methoxy groups -OCH3 is 2. The predicted octanol–water partition coefficient (Wildman–Crippen LogP) is 4.07. The Morgan fingerprint density at radius 2 is 1.84 bits per heavy atom. The van der Waals surface area contributed by atoms with Crippen molar-refractivity contribution in [2.24, 2.45) is 0 Å². The van der Waals surface area contributed by atoms with Gasteiger partial charge in [0.25, 0.3) is 0 Å². The Morgan fingerprint density at radius 3 is 2.37 bits per heavy atom. The number of hydrogen-bond donors (Lipinski definition) is 0. The van der Waals surface area contributed by atoms with Crippen molar-refractivity contribution in [1.82, 2.24) is 0 Å². The molecule has 1 aromatic carbocycles. The summed E-state index contributed by atoms with van der Waals surface area (Å²) in [6, 6.07) is 7.03. The number of benzene rings is 1. The summed E-state index contributed by atoms with van der Waals surface area (Å²) in [7, 11) is 3.12. The summed E-state index contributed by atoms with van der Waals surface area (Å²) < 4.78 is 11.3. The molecule has 0 aliphatic rings. The van der Waals surface area contributed by atoms with Crippen LogP contribution in [0.2, 0.25) is 0 Å². The lowest BCUT2D eigenvalue weighted by Crippen LogP contribution is -2.00. The second kappa shape index (κ2) is 5.75. The summed E-state index contributed by atoms with van der Waals surface area (Å²) in [6.45, 7) is 1.97. The van der Waals surface area contributed by atoms with Crippen molar-refractivity contribution < 1.29 is 14.3 Å². The maximum Gasteiger partial charge on any atom is 0.203 e. The van der Waals surface area contributed by atoms with E-state index in [0.29, 0.717) is 21.9 Å². The van der Waals surface area contributed by atoms with E-state index < -0.39 is 0 Å². The van der Waals surface area contributed by atoms with Crippen molar-refractivity contribution in [3.05, 3.63) is 44.1 Å². The Morgan fingerprint density at radius 1 is 1.16 bits per heavy atom. The van der Waals surface area contributed by atoms with Crippen LogP contribution >= 0.6 is 27.3 Å². The standard InChI is InChI=1S/C14H13BrO3S/c1-8-10(15)7-13(19-8)14(16)9-4-5-11(17-2)12(6-9)18-3/h4-7H,1-3H3. The summed E-state index contributed by atoms with van der Waals surface area (Å²) in [5.74, 6) is 1.16. The van der Waals surface area contributed by atoms with Gasteiger partial charge in [-0.25, -0.2) is 0 Å². The van der Waals surface area contributed by atoms with Crippen molar-refractivity contribution in [3.8, 4) is 11.5 Å². The monoisotopic (exact) mass is 340 g/mol. The molecule has 3 nitrogen and oxygen atoms in total. The Labute approximate surface area is 124 Å². The van der Waals surface area contributed by atoms with Gasteiger partial charge in [0.1, 0.15) is 0 Å². The fourth-order valence-electron chi connectivity index (χ4n) is 1.69. The van der Waals surface area contributed by atoms with E-state index in [1.807, 2.05) is 13.0 Å². The first-order valence-corrected chi connectivity index (χ1v) is 7.20. The van der Waals surface area contributed by atoms with Crippen molar-refractivity contribution in [2.75, 3.05) is 14.2 Å². The molecular weight excluding hydrogens is 328 g/mol. The topological polar surface area (TPSA) is 35.5 Å². The third-order valence-electron chi connectivity index (χ3n) is 2.73. The van der Waals surface area contributed by atoms with E-state index >= 15 is 0 Å². The predicted molar refractivity (Wildman–Crippen MR) is 79.7 cm³/mol. The second-order valence-electron chi connectivity index (χ2n) is 3.91.